The highest BCUT2D eigenvalue weighted by atomic mass is 35.5. The molecule has 0 aromatic heterocycles. The average molecular weight is 208 g/mol. The van der Waals surface area contributed by atoms with Gasteiger partial charge in [-0.15, -0.1) is 0 Å². The van der Waals surface area contributed by atoms with Crippen LogP contribution in [0.4, 0.5) is 0 Å². The number of nitriles is 1. The first-order chi connectivity index (χ1) is 6.72. The van der Waals surface area contributed by atoms with E-state index in [0.29, 0.717) is 16.5 Å². The van der Waals surface area contributed by atoms with E-state index in [2.05, 4.69) is 19.9 Å². The summed E-state index contributed by atoms with van der Waals surface area (Å²) in [7, 11) is 0. The minimum absolute atomic E-state index is 0.556. The largest absolute Gasteiger partial charge is 0.192 e. The minimum Gasteiger partial charge on any atom is -0.192 e. The van der Waals surface area contributed by atoms with Gasteiger partial charge in [0.15, 0.2) is 0 Å². The van der Waals surface area contributed by atoms with Gasteiger partial charge in [-0.1, -0.05) is 31.5 Å². The molecule has 0 aliphatic heterocycles. The van der Waals surface area contributed by atoms with Crippen molar-refractivity contribution in [2.24, 2.45) is 0 Å². The van der Waals surface area contributed by atoms with E-state index in [4.69, 9.17) is 16.9 Å². The Hall–Kier alpha value is -1.00. The molecule has 0 aliphatic carbocycles. The van der Waals surface area contributed by atoms with E-state index in [1.54, 1.807) is 6.07 Å². The molecule has 1 aromatic carbocycles. The van der Waals surface area contributed by atoms with Crippen LogP contribution in [0.1, 0.15) is 43.7 Å². The first-order valence-corrected chi connectivity index (χ1v) is 5.30. The van der Waals surface area contributed by atoms with E-state index in [0.717, 1.165) is 12.8 Å². The van der Waals surface area contributed by atoms with Crippen LogP contribution in [0.3, 0.4) is 0 Å². The van der Waals surface area contributed by atoms with Gasteiger partial charge in [0.25, 0.3) is 0 Å². The fourth-order valence-corrected chi connectivity index (χ4v) is 1.87. The van der Waals surface area contributed by atoms with Crippen LogP contribution in [0.25, 0.3) is 0 Å². The van der Waals surface area contributed by atoms with Crippen LogP contribution in [0, 0.1) is 11.3 Å². The molecule has 0 N–H and O–H groups in total. The highest BCUT2D eigenvalue weighted by molar-refractivity contribution is 6.31. The van der Waals surface area contributed by atoms with Gasteiger partial charge in [0, 0.05) is 0 Å². The van der Waals surface area contributed by atoms with Gasteiger partial charge in [0.1, 0.15) is 6.07 Å². The predicted molar refractivity (Wildman–Crippen MR) is 59.5 cm³/mol. The zero-order valence-electron chi connectivity index (χ0n) is 8.55. The van der Waals surface area contributed by atoms with Crippen LogP contribution < -0.4 is 0 Å². The molecule has 0 saturated carbocycles. The standard InChI is InChI=1S/C12H14ClN/c1-3-9(4-2)10-5-6-11(8-14)12(13)7-10/h5-7,9H,3-4H2,1-2H3. The van der Waals surface area contributed by atoms with Gasteiger partial charge >= 0.3 is 0 Å². The molecule has 0 amide bonds. The van der Waals surface area contributed by atoms with Crippen LogP contribution >= 0.6 is 11.6 Å². The zero-order chi connectivity index (χ0) is 10.6. The number of rotatable bonds is 3. The predicted octanol–water partition coefficient (Wildman–Crippen LogP) is 4.12. The molecule has 1 rings (SSSR count). The maximum absolute atomic E-state index is 8.73. The van der Waals surface area contributed by atoms with Crippen molar-refractivity contribution in [2.45, 2.75) is 32.6 Å². The molecule has 1 nitrogen and oxygen atoms in total. The lowest BCUT2D eigenvalue weighted by atomic mass is 9.93. The molecule has 0 spiro atoms. The summed E-state index contributed by atoms with van der Waals surface area (Å²) >= 11 is 5.97. The molecule has 0 heterocycles. The smallest absolute Gasteiger partial charge is 0.101 e. The van der Waals surface area contributed by atoms with Gasteiger partial charge < -0.3 is 0 Å². The van der Waals surface area contributed by atoms with E-state index >= 15 is 0 Å². The third-order valence-corrected chi connectivity index (χ3v) is 2.88. The molecule has 0 unspecified atom stereocenters. The first-order valence-electron chi connectivity index (χ1n) is 4.92. The van der Waals surface area contributed by atoms with Crippen LogP contribution in [0.5, 0.6) is 0 Å². The molecule has 0 saturated heterocycles. The van der Waals surface area contributed by atoms with Crippen LogP contribution in [0.15, 0.2) is 18.2 Å². The molecule has 0 aliphatic rings. The summed E-state index contributed by atoms with van der Waals surface area (Å²) in [6, 6.07) is 7.78. The van der Waals surface area contributed by atoms with Gasteiger partial charge in [-0.3, -0.25) is 0 Å². The lowest BCUT2D eigenvalue weighted by molar-refractivity contribution is 0.642. The summed E-state index contributed by atoms with van der Waals surface area (Å²) in [4.78, 5) is 0. The number of hydrogen-bond acceptors (Lipinski definition) is 1. The molecule has 14 heavy (non-hydrogen) atoms. The van der Waals surface area contributed by atoms with Crippen molar-refractivity contribution in [3.63, 3.8) is 0 Å². The molecule has 0 bridgehead atoms. The second-order valence-corrected chi connectivity index (χ2v) is 3.77. The van der Waals surface area contributed by atoms with Gasteiger partial charge in [0.05, 0.1) is 10.6 Å². The summed E-state index contributed by atoms with van der Waals surface area (Å²) in [5.74, 6) is 0.556. The number of nitrogens with zero attached hydrogens (tertiary/aromatic N) is 1. The Bertz CT molecular complexity index is 348. The number of hydrogen-bond donors (Lipinski definition) is 0. The lowest BCUT2D eigenvalue weighted by Crippen LogP contribution is -1.95. The van der Waals surface area contributed by atoms with Gasteiger partial charge in [-0.05, 0) is 36.5 Å². The molecule has 0 atom stereocenters. The van der Waals surface area contributed by atoms with E-state index < -0.39 is 0 Å². The Balaban J connectivity index is 3.02. The van der Waals surface area contributed by atoms with Crippen LogP contribution in [0.2, 0.25) is 5.02 Å². The van der Waals surface area contributed by atoms with Crippen molar-refractivity contribution < 1.29 is 0 Å². The summed E-state index contributed by atoms with van der Waals surface area (Å²) < 4.78 is 0. The highest BCUT2D eigenvalue weighted by Crippen LogP contribution is 2.26. The third kappa shape index (κ3) is 2.27. The fourth-order valence-electron chi connectivity index (χ4n) is 1.64. The summed E-state index contributed by atoms with van der Waals surface area (Å²) in [6.07, 6.45) is 2.22. The van der Waals surface area contributed by atoms with Crippen molar-refractivity contribution in [1.29, 1.82) is 5.26 Å². The van der Waals surface area contributed by atoms with Crippen molar-refractivity contribution in [3.05, 3.63) is 34.3 Å². The van der Waals surface area contributed by atoms with E-state index in [1.165, 1.54) is 5.56 Å². The quantitative estimate of drug-likeness (QED) is 0.732. The molecular formula is C12H14ClN. The molecule has 0 radical (unpaired) electrons. The lowest BCUT2D eigenvalue weighted by Gasteiger charge is -2.12. The third-order valence-electron chi connectivity index (χ3n) is 2.57. The van der Waals surface area contributed by atoms with Crippen molar-refractivity contribution in [3.8, 4) is 6.07 Å². The maximum atomic E-state index is 8.73. The molecule has 74 valence electrons. The van der Waals surface area contributed by atoms with Crippen LogP contribution in [-0.4, -0.2) is 0 Å². The molecular weight excluding hydrogens is 194 g/mol. The molecule has 1 aromatic rings. The first kappa shape index (κ1) is 11.1. The number of benzene rings is 1. The Kier molecular flexibility index (Phi) is 3.98. The van der Waals surface area contributed by atoms with E-state index in [-0.39, 0.29) is 0 Å². The van der Waals surface area contributed by atoms with Gasteiger partial charge in [0.2, 0.25) is 0 Å². The normalized spacial score (nSPS) is 10.2. The monoisotopic (exact) mass is 207 g/mol. The van der Waals surface area contributed by atoms with E-state index in [9.17, 15) is 0 Å². The topological polar surface area (TPSA) is 23.8 Å². The Morgan fingerprint density at radius 1 is 1.36 bits per heavy atom. The SMILES string of the molecule is CCC(CC)c1ccc(C#N)c(Cl)c1. The Labute approximate surface area is 90.3 Å². The fraction of sp³-hybridized carbons (Fsp3) is 0.417. The Morgan fingerprint density at radius 3 is 2.43 bits per heavy atom. The van der Waals surface area contributed by atoms with Crippen molar-refractivity contribution in [1.82, 2.24) is 0 Å². The molecule has 2 heteroatoms. The maximum Gasteiger partial charge on any atom is 0.101 e. The number of halogens is 1. The summed E-state index contributed by atoms with van der Waals surface area (Å²) in [5, 5.41) is 9.29. The van der Waals surface area contributed by atoms with Crippen molar-refractivity contribution >= 4 is 11.6 Å². The summed E-state index contributed by atoms with van der Waals surface area (Å²) in [5.41, 5.74) is 1.79. The van der Waals surface area contributed by atoms with Crippen LogP contribution in [-0.2, 0) is 0 Å². The molecule has 0 fully saturated rings. The second-order valence-electron chi connectivity index (χ2n) is 3.36. The van der Waals surface area contributed by atoms with E-state index in [1.807, 2.05) is 12.1 Å². The average Bonchev–Trinajstić information content (AvgIpc) is 2.20. The van der Waals surface area contributed by atoms with Gasteiger partial charge in [-0.25, -0.2) is 0 Å². The minimum atomic E-state index is 0.556. The second kappa shape index (κ2) is 5.02. The Morgan fingerprint density at radius 2 is 2.00 bits per heavy atom. The zero-order valence-corrected chi connectivity index (χ0v) is 9.30. The highest BCUT2D eigenvalue weighted by Gasteiger charge is 2.08. The summed E-state index contributed by atoms with van der Waals surface area (Å²) in [6.45, 7) is 4.33. The van der Waals surface area contributed by atoms with Crippen molar-refractivity contribution in [2.75, 3.05) is 0 Å². The van der Waals surface area contributed by atoms with Gasteiger partial charge in [-0.2, -0.15) is 5.26 Å².